The third kappa shape index (κ3) is 5.28. The second-order valence-corrected chi connectivity index (χ2v) is 5.87. The monoisotopic (exact) mass is 365 g/mol. The maximum absolute atomic E-state index is 13.3. The van der Waals surface area contributed by atoms with Crippen LogP contribution >= 0.6 is 0 Å². The van der Waals surface area contributed by atoms with Crippen molar-refractivity contribution in [2.24, 2.45) is 0 Å². The fourth-order valence-electron chi connectivity index (χ4n) is 2.40. The minimum atomic E-state index is -0.337. The fourth-order valence-corrected chi connectivity index (χ4v) is 2.40. The fraction of sp³-hybridized carbons (Fsp3) is 0.143. The molecule has 0 saturated carbocycles. The van der Waals surface area contributed by atoms with Crippen molar-refractivity contribution in [2.45, 2.75) is 13.3 Å². The number of amides is 1. The standard InChI is InChI=1S/C21H20FN3O2/c1-2-13-27-18-11-9-15(10-12-18)21(26)25-20-8-4-7-19(24-20)23-17-6-3-5-16(22)14-17/h3-12,14H,2,13H2,1H3,(H2,23,24,25,26). The molecule has 138 valence electrons. The Kier molecular flexibility index (Phi) is 5.99. The SMILES string of the molecule is CCCOc1ccc(C(=O)Nc2cccc(Nc3cccc(F)c3)n2)cc1. The zero-order valence-electron chi connectivity index (χ0n) is 14.9. The number of hydrogen-bond donors (Lipinski definition) is 2. The highest BCUT2D eigenvalue weighted by Crippen LogP contribution is 2.18. The molecule has 0 aliphatic rings. The predicted molar refractivity (Wildman–Crippen MR) is 104 cm³/mol. The van der Waals surface area contributed by atoms with Gasteiger partial charge in [0.2, 0.25) is 0 Å². The molecule has 1 heterocycles. The first-order valence-electron chi connectivity index (χ1n) is 8.68. The number of anilines is 3. The second kappa shape index (κ2) is 8.80. The normalized spacial score (nSPS) is 10.3. The van der Waals surface area contributed by atoms with Crippen LogP contribution in [0.5, 0.6) is 5.75 Å². The molecule has 0 radical (unpaired) electrons. The van der Waals surface area contributed by atoms with Gasteiger partial charge < -0.3 is 15.4 Å². The number of nitrogens with zero attached hydrogens (tertiary/aromatic N) is 1. The maximum atomic E-state index is 13.3. The number of hydrogen-bond acceptors (Lipinski definition) is 4. The van der Waals surface area contributed by atoms with E-state index < -0.39 is 0 Å². The molecule has 27 heavy (non-hydrogen) atoms. The zero-order valence-corrected chi connectivity index (χ0v) is 14.9. The van der Waals surface area contributed by atoms with Crippen molar-refractivity contribution < 1.29 is 13.9 Å². The third-order valence-electron chi connectivity index (χ3n) is 3.68. The molecule has 0 aliphatic heterocycles. The Morgan fingerprint density at radius 1 is 1.04 bits per heavy atom. The average Bonchev–Trinajstić information content (AvgIpc) is 2.67. The number of ether oxygens (including phenoxy) is 1. The zero-order chi connectivity index (χ0) is 19.1. The van der Waals surface area contributed by atoms with E-state index in [1.54, 1.807) is 54.6 Å². The van der Waals surface area contributed by atoms with Crippen molar-refractivity contribution in [2.75, 3.05) is 17.2 Å². The van der Waals surface area contributed by atoms with Crippen molar-refractivity contribution in [1.82, 2.24) is 4.98 Å². The minimum absolute atomic E-state index is 0.271. The number of carbonyl (C=O) groups is 1. The molecule has 0 fully saturated rings. The molecule has 0 atom stereocenters. The Morgan fingerprint density at radius 3 is 2.52 bits per heavy atom. The number of rotatable bonds is 7. The van der Waals surface area contributed by atoms with Gasteiger partial charge in [-0.2, -0.15) is 0 Å². The molecule has 0 unspecified atom stereocenters. The van der Waals surface area contributed by atoms with Gasteiger partial charge in [0.1, 0.15) is 23.2 Å². The van der Waals surface area contributed by atoms with Gasteiger partial charge in [-0.05, 0) is 61.0 Å². The van der Waals surface area contributed by atoms with Crippen molar-refractivity contribution in [3.63, 3.8) is 0 Å². The molecule has 1 amide bonds. The Balaban J connectivity index is 1.65. The summed E-state index contributed by atoms with van der Waals surface area (Å²) in [6.45, 7) is 2.67. The van der Waals surface area contributed by atoms with Crippen molar-refractivity contribution in [3.8, 4) is 5.75 Å². The average molecular weight is 365 g/mol. The van der Waals surface area contributed by atoms with Crippen LogP contribution in [0.4, 0.5) is 21.7 Å². The van der Waals surface area contributed by atoms with Gasteiger partial charge in [-0.3, -0.25) is 4.79 Å². The Hall–Kier alpha value is -3.41. The van der Waals surface area contributed by atoms with Crippen LogP contribution in [0.25, 0.3) is 0 Å². The van der Waals surface area contributed by atoms with Crippen LogP contribution in [0.15, 0.2) is 66.7 Å². The molecular weight excluding hydrogens is 345 g/mol. The van der Waals surface area contributed by atoms with Crippen LogP contribution in [0.3, 0.4) is 0 Å². The summed E-state index contributed by atoms with van der Waals surface area (Å²) in [6.07, 6.45) is 0.925. The first-order valence-corrected chi connectivity index (χ1v) is 8.68. The largest absolute Gasteiger partial charge is 0.494 e. The summed E-state index contributed by atoms with van der Waals surface area (Å²) in [5.74, 6) is 1.02. The van der Waals surface area contributed by atoms with Crippen molar-refractivity contribution >= 4 is 23.2 Å². The highest BCUT2D eigenvalue weighted by atomic mass is 19.1. The van der Waals surface area contributed by atoms with E-state index in [0.717, 1.165) is 12.2 Å². The molecule has 5 nitrogen and oxygen atoms in total. The number of aromatic nitrogens is 1. The minimum Gasteiger partial charge on any atom is -0.494 e. The lowest BCUT2D eigenvalue weighted by Gasteiger charge is -2.09. The van der Waals surface area contributed by atoms with Crippen LogP contribution < -0.4 is 15.4 Å². The van der Waals surface area contributed by atoms with Gasteiger partial charge in [0.25, 0.3) is 5.91 Å². The number of nitrogens with one attached hydrogen (secondary N) is 2. The van der Waals surface area contributed by atoms with Gasteiger partial charge >= 0.3 is 0 Å². The highest BCUT2D eigenvalue weighted by molar-refractivity contribution is 6.03. The van der Waals surface area contributed by atoms with Gasteiger partial charge in [0.05, 0.1) is 6.61 Å². The number of carbonyl (C=O) groups excluding carboxylic acids is 1. The van der Waals surface area contributed by atoms with Gasteiger partial charge in [0, 0.05) is 11.3 Å². The maximum Gasteiger partial charge on any atom is 0.256 e. The van der Waals surface area contributed by atoms with Crippen LogP contribution in [0.2, 0.25) is 0 Å². The summed E-state index contributed by atoms with van der Waals surface area (Å²) >= 11 is 0. The molecule has 0 bridgehead atoms. The summed E-state index contributed by atoms with van der Waals surface area (Å²) in [5.41, 5.74) is 1.08. The highest BCUT2D eigenvalue weighted by Gasteiger charge is 2.08. The van der Waals surface area contributed by atoms with E-state index in [-0.39, 0.29) is 11.7 Å². The van der Waals surface area contributed by atoms with E-state index in [9.17, 15) is 9.18 Å². The lowest BCUT2D eigenvalue weighted by molar-refractivity contribution is 0.102. The molecule has 2 N–H and O–H groups in total. The van der Waals surface area contributed by atoms with E-state index >= 15 is 0 Å². The van der Waals surface area contributed by atoms with E-state index in [2.05, 4.69) is 15.6 Å². The molecule has 3 aromatic rings. The Labute approximate surface area is 157 Å². The topological polar surface area (TPSA) is 63.2 Å². The molecule has 0 saturated heterocycles. The van der Waals surface area contributed by atoms with Gasteiger partial charge in [-0.25, -0.2) is 9.37 Å². The number of halogens is 1. The quantitative estimate of drug-likeness (QED) is 0.618. The van der Waals surface area contributed by atoms with Gasteiger partial charge in [0.15, 0.2) is 0 Å². The van der Waals surface area contributed by atoms with Gasteiger partial charge in [-0.1, -0.05) is 19.1 Å². The smallest absolute Gasteiger partial charge is 0.256 e. The van der Waals surface area contributed by atoms with Crippen molar-refractivity contribution in [3.05, 3.63) is 78.1 Å². The second-order valence-electron chi connectivity index (χ2n) is 5.87. The summed E-state index contributed by atoms with van der Waals surface area (Å²) in [5, 5.41) is 5.76. The summed E-state index contributed by atoms with van der Waals surface area (Å²) in [4.78, 5) is 16.7. The lowest BCUT2D eigenvalue weighted by atomic mass is 10.2. The third-order valence-corrected chi connectivity index (χ3v) is 3.68. The number of pyridine rings is 1. The first-order chi connectivity index (χ1) is 13.1. The van der Waals surface area contributed by atoms with Crippen LogP contribution in [-0.4, -0.2) is 17.5 Å². The molecule has 6 heteroatoms. The summed E-state index contributed by atoms with van der Waals surface area (Å²) in [7, 11) is 0. The Morgan fingerprint density at radius 2 is 1.78 bits per heavy atom. The number of benzene rings is 2. The molecular formula is C21H20FN3O2. The van der Waals surface area contributed by atoms with Crippen molar-refractivity contribution in [1.29, 1.82) is 0 Å². The predicted octanol–water partition coefficient (Wildman–Crippen LogP) is 5.01. The van der Waals surface area contributed by atoms with E-state index in [1.807, 2.05) is 6.92 Å². The molecule has 1 aromatic heterocycles. The molecule has 3 rings (SSSR count). The summed E-state index contributed by atoms with van der Waals surface area (Å²) in [6, 6.07) is 18.2. The molecule has 0 spiro atoms. The van der Waals surface area contributed by atoms with E-state index in [0.29, 0.717) is 29.5 Å². The Bertz CT molecular complexity index is 913. The summed E-state index contributed by atoms with van der Waals surface area (Å²) < 4.78 is 18.8. The first kappa shape index (κ1) is 18.4. The molecule has 2 aromatic carbocycles. The van der Waals surface area contributed by atoms with Gasteiger partial charge in [-0.15, -0.1) is 0 Å². The van der Waals surface area contributed by atoms with Crippen LogP contribution in [0, 0.1) is 5.82 Å². The van der Waals surface area contributed by atoms with Crippen LogP contribution in [-0.2, 0) is 0 Å². The van der Waals surface area contributed by atoms with E-state index in [1.165, 1.54) is 12.1 Å². The lowest BCUT2D eigenvalue weighted by Crippen LogP contribution is -2.13. The van der Waals surface area contributed by atoms with Crippen LogP contribution in [0.1, 0.15) is 23.7 Å². The van der Waals surface area contributed by atoms with E-state index in [4.69, 9.17) is 4.74 Å². The molecule has 0 aliphatic carbocycles.